The number of rotatable bonds is 1. The smallest absolute Gasteiger partial charge is 0.00924 e. The Bertz CT molecular complexity index is 101. The van der Waals surface area contributed by atoms with E-state index in [1.165, 1.54) is 25.9 Å². The molecule has 0 aliphatic carbocycles. The molecular weight excluding hydrogens is 122 g/mol. The fourth-order valence-corrected chi connectivity index (χ4v) is 1.87. The number of nitrogens with zero attached hydrogens (tertiary/aromatic N) is 1. The third-order valence-corrected chi connectivity index (χ3v) is 2.91. The molecule has 0 aromatic rings. The van der Waals surface area contributed by atoms with Crippen LogP contribution in [0.15, 0.2) is 0 Å². The monoisotopic (exact) mass is 141 g/mol. The summed E-state index contributed by atoms with van der Waals surface area (Å²) in [5, 5.41) is 0. The van der Waals surface area contributed by atoms with Crippen LogP contribution in [0.3, 0.4) is 0 Å². The molecule has 0 N–H and O–H groups in total. The van der Waals surface area contributed by atoms with E-state index in [9.17, 15) is 0 Å². The zero-order chi connectivity index (χ0) is 7.56. The minimum atomic E-state index is 0.818. The third kappa shape index (κ3) is 1.51. The average Bonchev–Trinajstić information content (AvgIpc) is 1.95. The summed E-state index contributed by atoms with van der Waals surface area (Å²) in [4.78, 5) is 2.58. The van der Waals surface area contributed by atoms with Crippen LogP contribution in [0, 0.1) is 5.92 Å². The van der Waals surface area contributed by atoms with Gasteiger partial charge in [-0.15, -0.1) is 0 Å². The Kier molecular flexibility index (Phi) is 2.72. The molecule has 0 spiro atoms. The van der Waals surface area contributed by atoms with Crippen LogP contribution in [0.2, 0.25) is 0 Å². The summed E-state index contributed by atoms with van der Waals surface area (Å²) < 4.78 is 0. The van der Waals surface area contributed by atoms with Crippen molar-refractivity contribution in [3.8, 4) is 0 Å². The Morgan fingerprint density at radius 2 is 2.10 bits per heavy atom. The normalized spacial score (nSPS) is 36.3. The lowest BCUT2D eigenvalue weighted by molar-refractivity contribution is 0.120. The van der Waals surface area contributed by atoms with E-state index in [1.54, 1.807) is 0 Å². The second-order valence-corrected chi connectivity index (χ2v) is 3.49. The molecule has 0 bridgehead atoms. The predicted molar refractivity (Wildman–Crippen MR) is 45.1 cm³/mol. The van der Waals surface area contributed by atoms with Gasteiger partial charge < -0.3 is 4.90 Å². The van der Waals surface area contributed by atoms with E-state index in [4.69, 9.17) is 0 Å². The highest BCUT2D eigenvalue weighted by Crippen LogP contribution is 2.21. The fourth-order valence-electron chi connectivity index (χ4n) is 1.87. The van der Waals surface area contributed by atoms with Crippen LogP contribution in [-0.2, 0) is 0 Å². The van der Waals surface area contributed by atoms with Gasteiger partial charge in [-0.3, -0.25) is 0 Å². The van der Waals surface area contributed by atoms with Crippen molar-refractivity contribution >= 4 is 0 Å². The van der Waals surface area contributed by atoms with E-state index in [0.717, 1.165) is 12.0 Å². The zero-order valence-corrected chi connectivity index (χ0v) is 7.43. The molecular formula is C9H19N. The van der Waals surface area contributed by atoms with Gasteiger partial charge in [0.15, 0.2) is 0 Å². The van der Waals surface area contributed by atoms with Crippen LogP contribution in [0.1, 0.15) is 33.6 Å². The van der Waals surface area contributed by atoms with Crippen LogP contribution in [0.4, 0.5) is 0 Å². The predicted octanol–water partition coefficient (Wildman–Crippen LogP) is 2.13. The quantitative estimate of drug-likeness (QED) is 0.540. The van der Waals surface area contributed by atoms with E-state index in [1.807, 2.05) is 0 Å². The van der Waals surface area contributed by atoms with Gasteiger partial charge in [0.25, 0.3) is 0 Å². The van der Waals surface area contributed by atoms with Gasteiger partial charge in [0, 0.05) is 6.04 Å². The average molecular weight is 141 g/mol. The minimum absolute atomic E-state index is 0.818. The molecule has 1 fully saturated rings. The van der Waals surface area contributed by atoms with Gasteiger partial charge in [0.2, 0.25) is 0 Å². The molecule has 60 valence electrons. The Morgan fingerprint density at radius 3 is 2.60 bits per heavy atom. The molecule has 0 saturated carbocycles. The van der Waals surface area contributed by atoms with Crippen LogP contribution >= 0.6 is 0 Å². The standard InChI is InChI=1S/C9H19N/c1-4-10-7-5-6-8(2)9(10)3/h8-9H,4-7H2,1-3H3/t8-,9+/m1/s1. The highest BCUT2D eigenvalue weighted by Gasteiger charge is 2.22. The molecule has 1 rings (SSSR count). The topological polar surface area (TPSA) is 3.24 Å². The molecule has 1 aliphatic rings. The highest BCUT2D eigenvalue weighted by atomic mass is 15.2. The van der Waals surface area contributed by atoms with Crippen molar-refractivity contribution < 1.29 is 0 Å². The van der Waals surface area contributed by atoms with Gasteiger partial charge in [-0.25, -0.2) is 0 Å². The fraction of sp³-hybridized carbons (Fsp3) is 1.00. The maximum Gasteiger partial charge on any atom is 0.00924 e. The van der Waals surface area contributed by atoms with E-state index in [0.29, 0.717) is 0 Å². The Hall–Kier alpha value is -0.0400. The number of hydrogen-bond donors (Lipinski definition) is 0. The largest absolute Gasteiger partial charge is 0.301 e. The Balaban J connectivity index is 2.42. The van der Waals surface area contributed by atoms with E-state index >= 15 is 0 Å². The van der Waals surface area contributed by atoms with Crippen molar-refractivity contribution in [2.45, 2.75) is 39.7 Å². The van der Waals surface area contributed by atoms with Crippen LogP contribution in [0.25, 0.3) is 0 Å². The first kappa shape index (κ1) is 8.06. The summed E-state index contributed by atoms with van der Waals surface area (Å²) in [6.07, 6.45) is 2.83. The third-order valence-electron chi connectivity index (χ3n) is 2.91. The molecule has 1 heterocycles. The first-order valence-corrected chi connectivity index (χ1v) is 4.49. The molecule has 10 heavy (non-hydrogen) atoms. The maximum atomic E-state index is 2.58. The second kappa shape index (κ2) is 3.38. The van der Waals surface area contributed by atoms with Crippen molar-refractivity contribution in [1.82, 2.24) is 4.90 Å². The minimum Gasteiger partial charge on any atom is -0.301 e. The lowest BCUT2D eigenvalue weighted by Crippen LogP contribution is -2.41. The number of piperidine rings is 1. The summed E-state index contributed by atoms with van der Waals surface area (Å²) >= 11 is 0. The molecule has 1 nitrogen and oxygen atoms in total. The summed E-state index contributed by atoms with van der Waals surface area (Å²) in [7, 11) is 0. The molecule has 2 atom stereocenters. The second-order valence-electron chi connectivity index (χ2n) is 3.49. The van der Waals surface area contributed by atoms with Crippen molar-refractivity contribution in [1.29, 1.82) is 0 Å². The molecule has 0 aromatic carbocycles. The van der Waals surface area contributed by atoms with Gasteiger partial charge in [-0.05, 0) is 38.8 Å². The van der Waals surface area contributed by atoms with Gasteiger partial charge >= 0.3 is 0 Å². The highest BCUT2D eigenvalue weighted by molar-refractivity contribution is 4.77. The molecule has 0 unspecified atom stereocenters. The lowest BCUT2D eigenvalue weighted by atomic mass is 9.92. The van der Waals surface area contributed by atoms with Gasteiger partial charge in [0.1, 0.15) is 0 Å². The molecule has 1 saturated heterocycles. The first-order chi connectivity index (χ1) is 4.75. The van der Waals surface area contributed by atoms with Crippen LogP contribution in [-0.4, -0.2) is 24.0 Å². The molecule has 0 aromatic heterocycles. The van der Waals surface area contributed by atoms with Crippen molar-refractivity contribution in [3.05, 3.63) is 0 Å². The zero-order valence-electron chi connectivity index (χ0n) is 7.43. The number of hydrogen-bond acceptors (Lipinski definition) is 1. The van der Waals surface area contributed by atoms with Crippen LogP contribution in [0.5, 0.6) is 0 Å². The number of likely N-dealkylation sites (tertiary alicyclic amines) is 1. The van der Waals surface area contributed by atoms with E-state index in [2.05, 4.69) is 25.7 Å². The summed E-state index contributed by atoms with van der Waals surface area (Å²) in [5.41, 5.74) is 0. The Morgan fingerprint density at radius 1 is 1.40 bits per heavy atom. The summed E-state index contributed by atoms with van der Waals surface area (Å²) in [5.74, 6) is 0.911. The molecule has 1 aliphatic heterocycles. The van der Waals surface area contributed by atoms with Crippen molar-refractivity contribution in [2.75, 3.05) is 13.1 Å². The maximum absolute atomic E-state index is 2.58. The Labute approximate surface area is 64.4 Å². The summed E-state index contributed by atoms with van der Waals surface area (Å²) in [6.45, 7) is 9.53. The van der Waals surface area contributed by atoms with Gasteiger partial charge in [-0.2, -0.15) is 0 Å². The van der Waals surface area contributed by atoms with E-state index in [-0.39, 0.29) is 0 Å². The molecule has 0 radical (unpaired) electrons. The molecule has 1 heteroatoms. The van der Waals surface area contributed by atoms with Crippen molar-refractivity contribution in [3.63, 3.8) is 0 Å². The van der Waals surface area contributed by atoms with E-state index < -0.39 is 0 Å². The first-order valence-electron chi connectivity index (χ1n) is 4.49. The molecule has 0 amide bonds. The summed E-state index contributed by atoms with van der Waals surface area (Å²) in [6, 6.07) is 0.818. The lowest BCUT2D eigenvalue weighted by Gasteiger charge is -2.37. The van der Waals surface area contributed by atoms with Gasteiger partial charge in [-0.1, -0.05) is 13.8 Å². The SMILES string of the molecule is CCN1CCC[C@@H](C)[C@@H]1C. The van der Waals surface area contributed by atoms with Crippen LogP contribution < -0.4 is 0 Å². The van der Waals surface area contributed by atoms with Gasteiger partial charge in [0.05, 0.1) is 0 Å². The van der Waals surface area contributed by atoms with Crippen molar-refractivity contribution in [2.24, 2.45) is 5.92 Å².